The molecular formula is C19H25NO. The lowest BCUT2D eigenvalue weighted by atomic mass is 9.53. The second kappa shape index (κ2) is 4.59. The fourth-order valence-corrected chi connectivity index (χ4v) is 5.55. The summed E-state index contributed by atoms with van der Waals surface area (Å²) in [5.74, 6) is 2.76. The van der Waals surface area contributed by atoms with Crippen LogP contribution in [0.1, 0.15) is 60.0 Å². The van der Waals surface area contributed by atoms with Gasteiger partial charge in [-0.15, -0.1) is 0 Å². The van der Waals surface area contributed by atoms with Crippen LogP contribution < -0.4 is 5.32 Å². The van der Waals surface area contributed by atoms with E-state index in [0.717, 1.165) is 34.4 Å². The molecule has 2 heteroatoms. The molecular weight excluding hydrogens is 258 g/mol. The first kappa shape index (κ1) is 13.4. The van der Waals surface area contributed by atoms with Crippen LogP contribution in [0.15, 0.2) is 18.2 Å². The van der Waals surface area contributed by atoms with Gasteiger partial charge in [-0.1, -0.05) is 17.7 Å². The Balaban J connectivity index is 1.58. The molecule has 4 aliphatic rings. The molecule has 0 saturated heterocycles. The highest BCUT2D eigenvalue weighted by molar-refractivity contribution is 5.96. The van der Waals surface area contributed by atoms with Crippen molar-refractivity contribution in [3.05, 3.63) is 34.9 Å². The Morgan fingerprint density at radius 3 is 2.19 bits per heavy atom. The van der Waals surface area contributed by atoms with E-state index in [1.165, 1.54) is 38.5 Å². The summed E-state index contributed by atoms with van der Waals surface area (Å²) in [5.41, 5.74) is 3.23. The second-order valence-electron chi connectivity index (χ2n) is 7.97. The number of carbonyl (C=O) groups excluding carboxylic acids is 1. The molecule has 0 atom stereocenters. The number of benzene rings is 1. The Kier molecular flexibility index (Phi) is 2.92. The molecule has 1 aromatic rings. The van der Waals surface area contributed by atoms with E-state index in [-0.39, 0.29) is 11.4 Å². The molecule has 4 bridgehead atoms. The Bertz CT molecular complexity index is 554. The Hall–Kier alpha value is -1.31. The van der Waals surface area contributed by atoms with Crippen molar-refractivity contribution in [2.75, 3.05) is 0 Å². The topological polar surface area (TPSA) is 29.1 Å². The van der Waals surface area contributed by atoms with Crippen LogP contribution in [0, 0.1) is 31.6 Å². The zero-order chi connectivity index (χ0) is 14.6. The summed E-state index contributed by atoms with van der Waals surface area (Å²) in [6.45, 7) is 4.09. The van der Waals surface area contributed by atoms with Crippen molar-refractivity contribution in [3.8, 4) is 0 Å². The molecule has 1 aromatic carbocycles. The largest absolute Gasteiger partial charge is 0.347 e. The van der Waals surface area contributed by atoms with Gasteiger partial charge < -0.3 is 5.32 Å². The van der Waals surface area contributed by atoms with Gasteiger partial charge in [-0.2, -0.15) is 0 Å². The van der Waals surface area contributed by atoms with Crippen LogP contribution in [0.5, 0.6) is 0 Å². The Morgan fingerprint density at radius 1 is 1.05 bits per heavy atom. The number of amides is 1. The van der Waals surface area contributed by atoms with Gasteiger partial charge >= 0.3 is 0 Å². The smallest absolute Gasteiger partial charge is 0.251 e. The zero-order valence-corrected chi connectivity index (χ0v) is 13.1. The Morgan fingerprint density at radius 2 is 1.62 bits per heavy atom. The first-order valence-electron chi connectivity index (χ1n) is 8.43. The number of hydrogen-bond donors (Lipinski definition) is 1. The fraction of sp³-hybridized carbons (Fsp3) is 0.632. The molecule has 2 nitrogen and oxygen atoms in total. The van der Waals surface area contributed by atoms with Crippen molar-refractivity contribution >= 4 is 5.91 Å². The summed E-state index contributed by atoms with van der Waals surface area (Å²) in [6.07, 6.45) is 7.90. The monoisotopic (exact) mass is 283 g/mol. The molecule has 4 aliphatic carbocycles. The van der Waals surface area contributed by atoms with E-state index in [1.807, 2.05) is 13.0 Å². The van der Waals surface area contributed by atoms with Crippen LogP contribution >= 0.6 is 0 Å². The normalized spacial score (nSPS) is 36.8. The minimum absolute atomic E-state index is 0.113. The molecule has 0 spiro atoms. The predicted molar refractivity (Wildman–Crippen MR) is 84.3 cm³/mol. The van der Waals surface area contributed by atoms with E-state index in [2.05, 4.69) is 24.4 Å². The Labute approximate surface area is 127 Å². The van der Waals surface area contributed by atoms with Crippen molar-refractivity contribution < 1.29 is 4.79 Å². The molecule has 0 aliphatic heterocycles. The lowest BCUT2D eigenvalue weighted by Crippen LogP contribution is -2.59. The van der Waals surface area contributed by atoms with Crippen molar-refractivity contribution in [2.24, 2.45) is 17.8 Å². The second-order valence-corrected chi connectivity index (χ2v) is 7.97. The summed E-state index contributed by atoms with van der Waals surface area (Å²) in [4.78, 5) is 12.8. The van der Waals surface area contributed by atoms with E-state index >= 15 is 0 Å². The van der Waals surface area contributed by atoms with E-state index < -0.39 is 0 Å². The molecule has 1 N–H and O–H groups in total. The maximum Gasteiger partial charge on any atom is 0.251 e. The summed E-state index contributed by atoms with van der Waals surface area (Å²) >= 11 is 0. The average Bonchev–Trinajstić information content (AvgIpc) is 2.39. The molecule has 112 valence electrons. The quantitative estimate of drug-likeness (QED) is 0.873. The molecule has 21 heavy (non-hydrogen) atoms. The molecule has 0 aromatic heterocycles. The molecule has 4 saturated carbocycles. The molecule has 5 rings (SSSR count). The number of nitrogens with one attached hydrogen (secondary N) is 1. The van der Waals surface area contributed by atoms with Crippen LogP contribution in [-0.4, -0.2) is 11.4 Å². The summed E-state index contributed by atoms with van der Waals surface area (Å²) < 4.78 is 0. The first-order valence-corrected chi connectivity index (χ1v) is 8.43. The van der Waals surface area contributed by atoms with Crippen molar-refractivity contribution in [3.63, 3.8) is 0 Å². The first-order chi connectivity index (χ1) is 10.0. The van der Waals surface area contributed by atoms with Gasteiger partial charge in [0.2, 0.25) is 0 Å². The SMILES string of the molecule is Cc1ccc(C)c(C(=O)NC23CC4CC(CC(C4)C2)C3)c1. The lowest BCUT2D eigenvalue weighted by molar-refractivity contribution is -0.0167. The van der Waals surface area contributed by atoms with Crippen LogP contribution in [0.3, 0.4) is 0 Å². The maximum atomic E-state index is 12.8. The van der Waals surface area contributed by atoms with Crippen LogP contribution in [0.25, 0.3) is 0 Å². The van der Waals surface area contributed by atoms with Gasteiger partial charge in [0.15, 0.2) is 0 Å². The number of carbonyl (C=O) groups is 1. The molecule has 4 fully saturated rings. The molecule has 0 heterocycles. The highest BCUT2D eigenvalue weighted by atomic mass is 16.1. The third kappa shape index (κ3) is 2.29. The van der Waals surface area contributed by atoms with E-state index in [4.69, 9.17) is 0 Å². The molecule has 0 unspecified atom stereocenters. The number of hydrogen-bond acceptors (Lipinski definition) is 1. The third-order valence-corrected chi connectivity index (χ3v) is 6.05. The lowest BCUT2D eigenvalue weighted by Gasteiger charge is -2.56. The van der Waals surface area contributed by atoms with Crippen molar-refractivity contribution in [1.29, 1.82) is 0 Å². The van der Waals surface area contributed by atoms with Gasteiger partial charge in [-0.25, -0.2) is 0 Å². The van der Waals surface area contributed by atoms with Gasteiger partial charge in [0, 0.05) is 11.1 Å². The van der Waals surface area contributed by atoms with Gasteiger partial charge in [-0.05, 0) is 81.8 Å². The highest BCUT2D eigenvalue weighted by Crippen LogP contribution is 2.55. The van der Waals surface area contributed by atoms with Gasteiger partial charge in [-0.3, -0.25) is 4.79 Å². The summed E-state index contributed by atoms with van der Waals surface area (Å²) in [5, 5.41) is 3.47. The van der Waals surface area contributed by atoms with Gasteiger partial charge in [0.05, 0.1) is 0 Å². The number of aryl methyl sites for hydroxylation is 2. The van der Waals surface area contributed by atoms with Crippen LogP contribution in [0.4, 0.5) is 0 Å². The predicted octanol–water partition coefficient (Wildman–Crippen LogP) is 4.00. The van der Waals surface area contributed by atoms with Crippen LogP contribution in [0.2, 0.25) is 0 Å². The maximum absolute atomic E-state index is 12.8. The molecule has 0 radical (unpaired) electrons. The summed E-state index contributed by atoms with van der Waals surface area (Å²) in [6, 6.07) is 6.17. The van der Waals surface area contributed by atoms with Crippen molar-refractivity contribution in [2.45, 2.75) is 57.9 Å². The van der Waals surface area contributed by atoms with Gasteiger partial charge in [0.25, 0.3) is 5.91 Å². The van der Waals surface area contributed by atoms with Gasteiger partial charge in [0.1, 0.15) is 0 Å². The minimum atomic E-state index is 0.113. The third-order valence-electron chi connectivity index (χ3n) is 6.05. The minimum Gasteiger partial charge on any atom is -0.347 e. The highest BCUT2D eigenvalue weighted by Gasteiger charge is 2.51. The summed E-state index contributed by atoms with van der Waals surface area (Å²) in [7, 11) is 0. The van der Waals surface area contributed by atoms with Crippen molar-refractivity contribution in [1.82, 2.24) is 5.32 Å². The fourth-order valence-electron chi connectivity index (χ4n) is 5.55. The van der Waals surface area contributed by atoms with E-state index in [9.17, 15) is 4.79 Å². The zero-order valence-electron chi connectivity index (χ0n) is 13.1. The average molecular weight is 283 g/mol. The van der Waals surface area contributed by atoms with E-state index in [0.29, 0.717) is 0 Å². The van der Waals surface area contributed by atoms with E-state index in [1.54, 1.807) is 0 Å². The molecule has 1 amide bonds. The van der Waals surface area contributed by atoms with Crippen LogP contribution in [-0.2, 0) is 0 Å². The standard InChI is InChI=1S/C19H25NO/c1-12-3-4-13(2)17(5-12)18(21)20-19-9-14-6-15(10-19)8-16(7-14)11-19/h3-5,14-16H,6-11H2,1-2H3,(H,20,21). The number of rotatable bonds is 2.